The number of piperidine rings is 1. The van der Waals surface area contributed by atoms with Crippen molar-refractivity contribution in [3.05, 3.63) is 29.6 Å². The van der Waals surface area contributed by atoms with Gasteiger partial charge in [0.1, 0.15) is 5.82 Å². The third-order valence-corrected chi connectivity index (χ3v) is 3.38. The van der Waals surface area contributed by atoms with Crippen LogP contribution in [0.1, 0.15) is 26.2 Å². The highest BCUT2D eigenvalue weighted by Gasteiger charge is 2.34. The van der Waals surface area contributed by atoms with Gasteiger partial charge in [-0.05, 0) is 32.7 Å². The molecule has 1 aromatic rings. The largest absolute Gasteiger partial charge is 0.322 e. The molecule has 1 heterocycles. The molecule has 0 aliphatic carbocycles. The van der Waals surface area contributed by atoms with Crippen molar-refractivity contribution in [1.29, 1.82) is 0 Å². The summed E-state index contributed by atoms with van der Waals surface area (Å²) in [5.74, 6) is -3.92. The van der Waals surface area contributed by atoms with Gasteiger partial charge in [-0.1, -0.05) is 0 Å². The minimum absolute atomic E-state index is 0.350. The Morgan fingerprint density at radius 3 is 2.53 bits per heavy atom. The minimum atomic E-state index is -1.28. The van der Waals surface area contributed by atoms with E-state index in [9.17, 15) is 18.0 Å². The van der Waals surface area contributed by atoms with Crippen molar-refractivity contribution < 1.29 is 18.0 Å². The lowest BCUT2D eigenvalue weighted by Gasteiger charge is -2.33. The molecule has 2 rings (SSSR count). The molecule has 1 atom stereocenters. The Kier molecular flexibility index (Phi) is 3.80. The summed E-state index contributed by atoms with van der Waals surface area (Å²) in [5.41, 5.74) is -1.16. The molecule has 1 aliphatic rings. The molecule has 0 spiro atoms. The van der Waals surface area contributed by atoms with Crippen LogP contribution in [-0.2, 0) is 4.79 Å². The second-order valence-corrected chi connectivity index (χ2v) is 4.92. The van der Waals surface area contributed by atoms with E-state index in [1.165, 1.54) is 0 Å². The predicted octanol–water partition coefficient (Wildman–Crippen LogP) is 2.57. The van der Waals surface area contributed by atoms with E-state index in [0.717, 1.165) is 12.8 Å². The van der Waals surface area contributed by atoms with Gasteiger partial charge in [-0.3, -0.25) is 4.79 Å². The van der Waals surface area contributed by atoms with E-state index in [-0.39, 0.29) is 5.69 Å². The lowest BCUT2D eigenvalue weighted by molar-refractivity contribution is -0.122. The van der Waals surface area contributed by atoms with Crippen molar-refractivity contribution in [2.45, 2.75) is 31.7 Å². The second-order valence-electron chi connectivity index (χ2n) is 4.92. The molecule has 1 amide bonds. The molecule has 19 heavy (non-hydrogen) atoms. The monoisotopic (exact) mass is 272 g/mol. The van der Waals surface area contributed by atoms with Crippen molar-refractivity contribution in [2.75, 3.05) is 11.9 Å². The molecule has 3 nitrogen and oxygen atoms in total. The summed E-state index contributed by atoms with van der Waals surface area (Å²) in [4.78, 5) is 12.1. The molecule has 1 aromatic carbocycles. The third kappa shape index (κ3) is 2.89. The maximum Gasteiger partial charge on any atom is 0.244 e. The fraction of sp³-hybridized carbons (Fsp3) is 0.462. The van der Waals surface area contributed by atoms with Gasteiger partial charge in [-0.15, -0.1) is 0 Å². The van der Waals surface area contributed by atoms with Gasteiger partial charge in [0, 0.05) is 12.1 Å². The Balaban J connectivity index is 2.16. The standard InChI is InChI=1S/C13H15F3N2O/c1-13(4-2-3-5-17-13)12(19)18-11-7-9(15)8(14)6-10(11)16/h6-7,17H,2-5H2,1H3,(H,18,19). The molecule has 0 radical (unpaired) electrons. The molecule has 0 aromatic heterocycles. The number of rotatable bonds is 2. The Labute approximate surface area is 109 Å². The average Bonchev–Trinajstić information content (AvgIpc) is 2.36. The Morgan fingerprint density at radius 1 is 1.21 bits per heavy atom. The van der Waals surface area contributed by atoms with E-state index in [1.54, 1.807) is 6.92 Å². The Morgan fingerprint density at radius 2 is 1.89 bits per heavy atom. The van der Waals surface area contributed by atoms with Crippen LogP contribution in [0.15, 0.2) is 12.1 Å². The van der Waals surface area contributed by atoms with Crippen LogP contribution in [0.2, 0.25) is 0 Å². The van der Waals surface area contributed by atoms with Crippen LogP contribution < -0.4 is 10.6 Å². The number of hydrogen-bond acceptors (Lipinski definition) is 2. The molecule has 6 heteroatoms. The van der Waals surface area contributed by atoms with E-state index < -0.39 is 28.9 Å². The highest BCUT2D eigenvalue weighted by atomic mass is 19.2. The predicted molar refractivity (Wildman–Crippen MR) is 65.2 cm³/mol. The number of amides is 1. The Bertz CT molecular complexity index is 499. The lowest BCUT2D eigenvalue weighted by Crippen LogP contribution is -2.54. The van der Waals surface area contributed by atoms with Crippen LogP contribution in [-0.4, -0.2) is 18.0 Å². The number of benzene rings is 1. The van der Waals surface area contributed by atoms with E-state index in [1.807, 2.05) is 0 Å². The molecule has 1 aliphatic heterocycles. The normalized spacial score (nSPS) is 23.2. The van der Waals surface area contributed by atoms with Gasteiger partial charge in [-0.2, -0.15) is 0 Å². The summed E-state index contributed by atoms with van der Waals surface area (Å²) in [7, 11) is 0. The van der Waals surface area contributed by atoms with Gasteiger partial charge in [0.15, 0.2) is 11.6 Å². The maximum absolute atomic E-state index is 13.4. The van der Waals surface area contributed by atoms with Crippen molar-refractivity contribution in [1.82, 2.24) is 5.32 Å². The zero-order valence-electron chi connectivity index (χ0n) is 10.5. The van der Waals surface area contributed by atoms with E-state index in [0.29, 0.717) is 25.1 Å². The molecule has 0 bridgehead atoms. The van der Waals surface area contributed by atoms with Gasteiger partial charge in [0.25, 0.3) is 0 Å². The van der Waals surface area contributed by atoms with Gasteiger partial charge >= 0.3 is 0 Å². The zero-order valence-corrected chi connectivity index (χ0v) is 10.5. The van der Waals surface area contributed by atoms with E-state index >= 15 is 0 Å². The first-order valence-corrected chi connectivity index (χ1v) is 6.13. The fourth-order valence-corrected chi connectivity index (χ4v) is 2.13. The molecule has 1 unspecified atom stereocenters. The number of carbonyl (C=O) groups excluding carboxylic acids is 1. The van der Waals surface area contributed by atoms with Crippen LogP contribution in [0.4, 0.5) is 18.9 Å². The Hall–Kier alpha value is -1.56. The molecule has 0 saturated carbocycles. The van der Waals surface area contributed by atoms with Gasteiger partial charge in [0.2, 0.25) is 5.91 Å². The van der Waals surface area contributed by atoms with Crippen molar-refractivity contribution in [2.24, 2.45) is 0 Å². The van der Waals surface area contributed by atoms with E-state index in [2.05, 4.69) is 10.6 Å². The number of nitrogens with one attached hydrogen (secondary N) is 2. The van der Waals surface area contributed by atoms with Crippen molar-refractivity contribution >= 4 is 11.6 Å². The number of hydrogen-bond donors (Lipinski definition) is 2. The SMILES string of the molecule is CC1(C(=O)Nc2cc(F)c(F)cc2F)CCCCN1. The number of anilines is 1. The maximum atomic E-state index is 13.4. The second kappa shape index (κ2) is 5.21. The lowest BCUT2D eigenvalue weighted by atomic mass is 9.90. The van der Waals surface area contributed by atoms with Gasteiger partial charge in [-0.25, -0.2) is 13.2 Å². The average molecular weight is 272 g/mol. The summed E-state index contributed by atoms with van der Waals surface area (Å²) < 4.78 is 39.3. The molecular weight excluding hydrogens is 257 g/mol. The first kappa shape index (κ1) is 13.9. The minimum Gasteiger partial charge on any atom is -0.322 e. The van der Waals surface area contributed by atoms with Crippen LogP contribution in [0, 0.1) is 17.5 Å². The summed E-state index contributed by atoms with van der Waals surface area (Å²) in [6, 6.07) is 1.07. The van der Waals surface area contributed by atoms with Crippen LogP contribution >= 0.6 is 0 Å². The highest BCUT2D eigenvalue weighted by Crippen LogP contribution is 2.23. The summed E-state index contributed by atoms with van der Waals surface area (Å²) in [6.45, 7) is 2.41. The van der Waals surface area contributed by atoms with Crippen molar-refractivity contribution in [3.8, 4) is 0 Å². The topological polar surface area (TPSA) is 41.1 Å². The van der Waals surface area contributed by atoms with Crippen LogP contribution in [0.5, 0.6) is 0 Å². The zero-order chi connectivity index (χ0) is 14.0. The number of halogens is 3. The fourth-order valence-electron chi connectivity index (χ4n) is 2.13. The number of carbonyl (C=O) groups is 1. The van der Waals surface area contributed by atoms with Gasteiger partial charge < -0.3 is 10.6 Å². The first-order valence-electron chi connectivity index (χ1n) is 6.13. The van der Waals surface area contributed by atoms with Gasteiger partial charge in [0.05, 0.1) is 11.2 Å². The molecule has 1 saturated heterocycles. The van der Waals surface area contributed by atoms with Crippen LogP contribution in [0.3, 0.4) is 0 Å². The molecule has 1 fully saturated rings. The smallest absolute Gasteiger partial charge is 0.244 e. The highest BCUT2D eigenvalue weighted by molar-refractivity contribution is 5.98. The third-order valence-electron chi connectivity index (χ3n) is 3.38. The molecular formula is C13H15F3N2O. The van der Waals surface area contributed by atoms with Crippen LogP contribution in [0.25, 0.3) is 0 Å². The molecule has 104 valence electrons. The summed E-state index contributed by atoms with van der Waals surface area (Å²) in [5, 5.41) is 5.36. The summed E-state index contributed by atoms with van der Waals surface area (Å²) in [6.07, 6.45) is 2.48. The summed E-state index contributed by atoms with van der Waals surface area (Å²) >= 11 is 0. The quantitative estimate of drug-likeness (QED) is 0.812. The van der Waals surface area contributed by atoms with E-state index in [4.69, 9.17) is 0 Å². The first-order chi connectivity index (χ1) is 8.92. The van der Waals surface area contributed by atoms with Crippen molar-refractivity contribution in [3.63, 3.8) is 0 Å². The molecule has 2 N–H and O–H groups in total.